The van der Waals surface area contributed by atoms with E-state index in [1.807, 2.05) is 35.2 Å². The van der Waals surface area contributed by atoms with Crippen LogP contribution in [-0.4, -0.2) is 70.1 Å². The van der Waals surface area contributed by atoms with Crippen LogP contribution in [0.3, 0.4) is 0 Å². The molecule has 0 N–H and O–H groups in total. The first-order valence-corrected chi connectivity index (χ1v) is 8.92. The van der Waals surface area contributed by atoms with Gasteiger partial charge in [-0.3, -0.25) is 24.6 Å². The molecule has 3 heterocycles. The van der Waals surface area contributed by atoms with Crippen molar-refractivity contribution in [1.29, 1.82) is 0 Å². The van der Waals surface area contributed by atoms with E-state index in [2.05, 4.69) is 15.0 Å². The van der Waals surface area contributed by atoms with Crippen molar-refractivity contribution in [2.75, 3.05) is 33.4 Å². The summed E-state index contributed by atoms with van der Waals surface area (Å²) in [6.07, 6.45) is 10.3. The van der Waals surface area contributed by atoms with E-state index in [0.29, 0.717) is 32.8 Å². The van der Waals surface area contributed by atoms with Gasteiger partial charge in [0.25, 0.3) is 0 Å². The molecule has 0 saturated carbocycles. The third-order valence-electron chi connectivity index (χ3n) is 4.48. The third kappa shape index (κ3) is 5.31. The van der Waals surface area contributed by atoms with E-state index in [1.54, 1.807) is 24.8 Å². The van der Waals surface area contributed by atoms with Crippen LogP contribution >= 0.6 is 0 Å². The molecule has 1 aliphatic heterocycles. The molecule has 1 fully saturated rings. The van der Waals surface area contributed by atoms with E-state index < -0.39 is 0 Å². The Hall–Kier alpha value is -2.38. The Labute approximate surface area is 154 Å². The Morgan fingerprint density at radius 2 is 2.19 bits per heavy atom. The fourth-order valence-electron chi connectivity index (χ4n) is 3.18. The Kier molecular flexibility index (Phi) is 6.62. The van der Waals surface area contributed by atoms with Crippen molar-refractivity contribution in [2.24, 2.45) is 0 Å². The number of likely N-dealkylation sites (N-methyl/N-ethyl adjacent to an activating group) is 1. The fraction of sp³-hybridized carbons (Fsp3) is 0.474. The predicted octanol–water partition coefficient (Wildman–Crippen LogP) is 1.16. The number of hydrogen-bond acceptors (Lipinski definition) is 6. The molecule has 0 radical (unpaired) electrons. The van der Waals surface area contributed by atoms with Crippen molar-refractivity contribution in [3.8, 4) is 0 Å². The zero-order valence-electron chi connectivity index (χ0n) is 15.1. The number of carbonyl (C=O) groups excluding carboxylic acids is 1. The zero-order valence-corrected chi connectivity index (χ0v) is 15.1. The Balaban J connectivity index is 1.53. The van der Waals surface area contributed by atoms with Crippen LogP contribution in [0, 0.1) is 0 Å². The van der Waals surface area contributed by atoms with E-state index in [4.69, 9.17) is 4.74 Å². The molecule has 0 unspecified atom stereocenters. The van der Waals surface area contributed by atoms with Crippen LogP contribution in [-0.2, 0) is 22.5 Å². The molecule has 7 heteroatoms. The number of amides is 1. The summed E-state index contributed by atoms with van der Waals surface area (Å²) in [5.41, 5.74) is 2.04. The summed E-state index contributed by atoms with van der Waals surface area (Å²) < 4.78 is 5.60. The van der Waals surface area contributed by atoms with Crippen LogP contribution in [0.25, 0.3) is 0 Å². The standard InChI is InChI=1S/C19H25N5O2/c1-23(13-16-3-2-6-20-11-16)14-19(25)24-9-10-26-15-18(24)5-4-17-12-21-7-8-22-17/h2-3,6-8,11-12,18H,4-5,9-10,13-15H2,1H3/t18-/m0/s1. The average molecular weight is 355 g/mol. The zero-order chi connectivity index (χ0) is 18.2. The number of aromatic nitrogens is 3. The highest BCUT2D eigenvalue weighted by atomic mass is 16.5. The van der Waals surface area contributed by atoms with Gasteiger partial charge in [0.1, 0.15) is 0 Å². The maximum Gasteiger partial charge on any atom is 0.237 e. The maximum absolute atomic E-state index is 12.8. The molecule has 1 atom stereocenters. The fourth-order valence-corrected chi connectivity index (χ4v) is 3.18. The summed E-state index contributed by atoms with van der Waals surface area (Å²) in [6, 6.07) is 4.02. The van der Waals surface area contributed by atoms with E-state index in [1.165, 1.54) is 0 Å². The first-order chi connectivity index (χ1) is 12.7. The first kappa shape index (κ1) is 18.4. The molecular weight excluding hydrogens is 330 g/mol. The second-order valence-electron chi connectivity index (χ2n) is 6.58. The third-order valence-corrected chi connectivity index (χ3v) is 4.48. The minimum absolute atomic E-state index is 0.0880. The van der Waals surface area contributed by atoms with Gasteiger partial charge >= 0.3 is 0 Å². The highest BCUT2D eigenvalue weighted by Crippen LogP contribution is 2.14. The largest absolute Gasteiger partial charge is 0.377 e. The van der Waals surface area contributed by atoms with Gasteiger partial charge in [-0.1, -0.05) is 6.07 Å². The normalized spacial score (nSPS) is 17.5. The molecule has 2 aromatic rings. The SMILES string of the molecule is CN(CC(=O)N1CCOC[C@@H]1CCc1cnccn1)Cc1cccnc1. The molecule has 0 spiro atoms. The molecular formula is C19H25N5O2. The number of nitrogens with zero attached hydrogens (tertiary/aromatic N) is 5. The summed E-state index contributed by atoms with van der Waals surface area (Å²) in [4.78, 5) is 29.3. The molecule has 26 heavy (non-hydrogen) atoms. The maximum atomic E-state index is 12.8. The highest BCUT2D eigenvalue weighted by molar-refractivity contribution is 5.78. The first-order valence-electron chi connectivity index (χ1n) is 8.92. The molecule has 1 amide bonds. The Bertz CT molecular complexity index is 683. The van der Waals surface area contributed by atoms with Gasteiger partial charge in [-0.15, -0.1) is 0 Å². The van der Waals surface area contributed by atoms with Gasteiger partial charge in [-0.2, -0.15) is 0 Å². The lowest BCUT2D eigenvalue weighted by Gasteiger charge is -2.36. The number of carbonyl (C=O) groups is 1. The molecule has 0 aliphatic carbocycles. The van der Waals surface area contributed by atoms with Crippen LogP contribution < -0.4 is 0 Å². The number of ether oxygens (including phenoxy) is 1. The number of aryl methyl sites for hydroxylation is 1. The lowest BCUT2D eigenvalue weighted by Crippen LogP contribution is -2.51. The van der Waals surface area contributed by atoms with Crippen LogP contribution in [0.15, 0.2) is 43.1 Å². The summed E-state index contributed by atoms with van der Waals surface area (Å²) >= 11 is 0. The quantitative estimate of drug-likeness (QED) is 0.742. The molecule has 138 valence electrons. The monoisotopic (exact) mass is 355 g/mol. The summed E-state index contributed by atoms with van der Waals surface area (Å²) in [5, 5.41) is 0. The number of pyridine rings is 1. The van der Waals surface area contributed by atoms with E-state index in [0.717, 1.165) is 24.1 Å². The van der Waals surface area contributed by atoms with Crippen molar-refractivity contribution in [3.05, 3.63) is 54.4 Å². The van der Waals surface area contributed by atoms with Crippen molar-refractivity contribution in [3.63, 3.8) is 0 Å². The highest BCUT2D eigenvalue weighted by Gasteiger charge is 2.27. The second kappa shape index (κ2) is 9.35. The van der Waals surface area contributed by atoms with Gasteiger partial charge in [-0.25, -0.2) is 0 Å². The van der Waals surface area contributed by atoms with Crippen LogP contribution in [0.1, 0.15) is 17.7 Å². The van der Waals surface area contributed by atoms with Crippen molar-refractivity contribution < 1.29 is 9.53 Å². The van der Waals surface area contributed by atoms with Gasteiger partial charge in [-0.05, 0) is 31.5 Å². The number of morpholine rings is 1. The molecule has 0 aromatic carbocycles. The molecule has 1 saturated heterocycles. The molecule has 3 rings (SSSR count). The minimum atomic E-state index is 0.0880. The van der Waals surface area contributed by atoms with Crippen molar-refractivity contribution >= 4 is 5.91 Å². The lowest BCUT2D eigenvalue weighted by atomic mass is 10.1. The Morgan fingerprint density at radius 3 is 2.96 bits per heavy atom. The Morgan fingerprint density at radius 1 is 1.31 bits per heavy atom. The van der Waals surface area contributed by atoms with Crippen LogP contribution in [0.4, 0.5) is 0 Å². The molecule has 7 nitrogen and oxygen atoms in total. The molecule has 0 bridgehead atoms. The van der Waals surface area contributed by atoms with Crippen LogP contribution in [0.5, 0.6) is 0 Å². The van der Waals surface area contributed by atoms with Crippen LogP contribution in [0.2, 0.25) is 0 Å². The minimum Gasteiger partial charge on any atom is -0.377 e. The number of rotatable bonds is 7. The van der Waals surface area contributed by atoms with E-state index >= 15 is 0 Å². The van der Waals surface area contributed by atoms with Crippen molar-refractivity contribution in [2.45, 2.75) is 25.4 Å². The van der Waals surface area contributed by atoms with Gasteiger partial charge in [0.2, 0.25) is 5.91 Å². The molecule has 1 aliphatic rings. The predicted molar refractivity (Wildman–Crippen MR) is 97.2 cm³/mol. The second-order valence-corrected chi connectivity index (χ2v) is 6.58. The summed E-state index contributed by atoms with van der Waals surface area (Å²) in [6.45, 7) is 2.91. The van der Waals surface area contributed by atoms with E-state index in [-0.39, 0.29) is 11.9 Å². The van der Waals surface area contributed by atoms with Gasteiger partial charge in [0.05, 0.1) is 31.5 Å². The topological polar surface area (TPSA) is 71.5 Å². The number of hydrogen-bond donors (Lipinski definition) is 0. The van der Waals surface area contributed by atoms with Gasteiger partial charge in [0, 0.05) is 44.1 Å². The molecule has 2 aromatic heterocycles. The van der Waals surface area contributed by atoms with E-state index in [9.17, 15) is 4.79 Å². The van der Waals surface area contributed by atoms with Gasteiger partial charge in [0.15, 0.2) is 0 Å². The smallest absolute Gasteiger partial charge is 0.237 e. The van der Waals surface area contributed by atoms with Gasteiger partial charge < -0.3 is 9.64 Å². The lowest BCUT2D eigenvalue weighted by molar-refractivity contribution is -0.141. The van der Waals surface area contributed by atoms with Crippen molar-refractivity contribution in [1.82, 2.24) is 24.8 Å². The summed E-state index contributed by atoms with van der Waals surface area (Å²) in [7, 11) is 1.96. The average Bonchev–Trinajstić information content (AvgIpc) is 2.68. The summed E-state index contributed by atoms with van der Waals surface area (Å²) in [5.74, 6) is 0.142.